The number of nitrogens with one attached hydrogen (secondary N) is 1. The van der Waals surface area contributed by atoms with Crippen LogP contribution in [0.15, 0.2) is 10.7 Å². The molecule has 2 aromatic rings. The van der Waals surface area contributed by atoms with Crippen molar-refractivity contribution in [1.29, 1.82) is 0 Å². The summed E-state index contributed by atoms with van der Waals surface area (Å²) < 4.78 is 17.0. The first-order valence-corrected chi connectivity index (χ1v) is 8.78. The number of aromatic nitrogens is 3. The number of rotatable bonds is 6. The zero-order chi connectivity index (χ0) is 17.8. The molecule has 3 rings (SSSR count). The van der Waals surface area contributed by atoms with Crippen molar-refractivity contribution in [2.75, 3.05) is 18.5 Å². The lowest BCUT2D eigenvalue weighted by Gasteiger charge is -2.32. The summed E-state index contributed by atoms with van der Waals surface area (Å²) in [5.74, 6) is 1.44. The van der Waals surface area contributed by atoms with Crippen molar-refractivity contribution in [3.8, 4) is 0 Å². The number of nitrogens with zero attached hydrogens (tertiary/aromatic N) is 3. The summed E-state index contributed by atoms with van der Waals surface area (Å²) in [6.45, 7) is 9.72. The van der Waals surface area contributed by atoms with E-state index in [-0.39, 0.29) is 12.1 Å². The van der Waals surface area contributed by atoms with E-state index >= 15 is 0 Å². The molecular formula is C18H26N4O3. The van der Waals surface area contributed by atoms with E-state index in [0.717, 1.165) is 41.1 Å². The summed E-state index contributed by atoms with van der Waals surface area (Å²) in [6, 6.07) is 0.0154. The summed E-state index contributed by atoms with van der Waals surface area (Å²) in [5, 5.41) is 7.36. The van der Waals surface area contributed by atoms with E-state index in [1.807, 2.05) is 27.0 Å². The van der Waals surface area contributed by atoms with Crippen LogP contribution in [0.2, 0.25) is 0 Å². The quantitative estimate of drug-likeness (QED) is 0.861. The molecule has 0 spiro atoms. The van der Waals surface area contributed by atoms with Gasteiger partial charge in [0.25, 0.3) is 0 Å². The molecule has 0 bridgehead atoms. The highest BCUT2D eigenvalue weighted by atomic mass is 16.5. The lowest BCUT2D eigenvalue weighted by Crippen LogP contribution is -2.44. The van der Waals surface area contributed by atoms with E-state index < -0.39 is 0 Å². The first kappa shape index (κ1) is 17.8. The van der Waals surface area contributed by atoms with Gasteiger partial charge in [-0.25, -0.2) is 9.97 Å². The average Bonchev–Trinajstić information content (AvgIpc) is 2.94. The first-order valence-electron chi connectivity index (χ1n) is 8.78. The van der Waals surface area contributed by atoms with Crippen LogP contribution in [0.3, 0.4) is 0 Å². The fourth-order valence-corrected chi connectivity index (χ4v) is 3.02. The molecule has 1 fully saturated rings. The second-order valence-corrected chi connectivity index (χ2v) is 6.44. The molecule has 1 aliphatic rings. The number of aryl methyl sites for hydroxylation is 4. The van der Waals surface area contributed by atoms with Crippen molar-refractivity contribution in [1.82, 2.24) is 15.1 Å². The zero-order valence-electron chi connectivity index (χ0n) is 15.3. The highest BCUT2D eigenvalue weighted by Gasteiger charge is 2.28. The monoisotopic (exact) mass is 346 g/mol. The van der Waals surface area contributed by atoms with Crippen molar-refractivity contribution >= 4 is 5.95 Å². The Hall–Kier alpha value is -1.99. The minimum absolute atomic E-state index is 0.0154. The van der Waals surface area contributed by atoms with Gasteiger partial charge in [0.05, 0.1) is 31.1 Å². The Labute approximate surface area is 148 Å². The van der Waals surface area contributed by atoms with Crippen LogP contribution in [-0.2, 0) is 22.5 Å². The van der Waals surface area contributed by atoms with E-state index in [2.05, 4.69) is 27.4 Å². The van der Waals surface area contributed by atoms with Gasteiger partial charge in [0, 0.05) is 24.1 Å². The first-order chi connectivity index (χ1) is 12.1. The van der Waals surface area contributed by atoms with E-state index in [1.165, 1.54) is 0 Å². The highest BCUT2D eigenvalue weighted by molar-refractivity contribution is 5.31. The van der Waals surface area contributed by atoms with Crippen LogP contribution < -0.4 is 5.32 Å². The van der Waals surface area contributed by atoms with E-state index in [9.17, 15) is 0 Å². The second-order valence-electron chi connectivity index (χ2n) is 6.44. The Morgan fingerprint density at radius 2 is 2.16 bits per heavy atom. The smallest absolute Gasteiger partial charge is 0.223 e. The molecule has 0 radical (unpaired) electrons. The van der Waals surface area contributed by atoms with Gasteiger partial charge >= 0.3 is 0 Å². The van der Waals surface area contributed by atoms with Gasteiger partial charge in [-0.05, 0) is 39.2 Å². The van der Waals surface area contributed by atoms with Gasteiger partial charge in [0.1, 0.15) is 5.76 Å². The van der Waals surface area contributed by atoms with E-state index in [0.29, 0.717) is 25.8 Å². The third-order valence-corrected chi connectivity index (χ3v) is 4.64. The molecule has 3 heterocycles. The standard InChI is InChI=1S/C18H26N4O3/c1-5-15-11(2)8-19-18(20-15)21-16-10-23-7-6-17(16)24-9-14-12(3)22-25-13(14)4/h8,16-17H,5-7,9-10H2,1-4H3,(H,19,20,21)/t16-,17+/m1/s1. The van der Waals surface area contributed by atoms with Crippen LogP contribution >= 0.6 is 0 Å². The molecule has 0 saturated carbocycles. The largest absolute Gasteiger partial charge is 0.379 e. The van der Waals surface area contributed by atoms with Gasteiger partial charge in [-0.2, -0.15) is 0 Å². The van der Waals surface area contributed by atoms with Crippen molar-refractivity contribution in [3.63, 3.8) is 0 Å². The lowest BCUT2D eigenvalue weighted by molar-refractivity contribution is -0.0483. The van der Waals surface area contributed by atoms with Crippen LogP contribution in [-0.4, -0.2) is 40.5 Å². The predicted molar refractivity (Wildman–Crippen MR) is 93.5 cm³/mol. The van der Waals surface area contributed by atoms with Crippen LogP contribution in [0.1, 0.15) is 41.6 Å². The molecule has 7 heteroatoms. The molecule has 25 heavy (non-hydrogen) atoms. The summed E-state index contributed by atoms with van der Waals surface area (Å²) in [6.07, 6.45) is 3.60. The number of hydrogen-bond acceptors (Lipinski definition) is 7. The predicted octanol–water partition coefficient (Wildman–Crippen LogP) is 2.74. The Morgan fingerprint density at radius 3 is 2.88 bits per heavy atom. The fraction of sp³-hybridized carbons (Fsp3) is 0.611. The molecule has 1 saturated heterocycles. The van der Waals surface area contributed by atoms with E-state index in [4.69, 9.17) is 14.0 Å². The molecule has 2 atom stereocenters. The maximum Gasteiger partial charge on any atom is 0.223 e. The van der Waals surface area contributed by atoms with Crippen LogP contribution in [0.25, 0.3) is 0 Å². The van der Waals surface area contributed by atoms with Gasteiger partial charge in [0.15, 0.2) is 0 Å². The molecule has 7 nitrogen and oxygen atoms in total. The van der Waals surface area contributed by atoms with Crippen molar-refractivity contribution < 1.29 is 14.0 Å². The highest BCUT2D eigenvalue weighted by Crippen LogP contribution is 2.20. The molecule has 136 valence electrons. The molecule has 2 aromatic heterocycles. The van der Waals surface area contributed by atoms with Crippen LogP contribution in [0.4, 0.5) is 5.95 Å². The van der Waals surface area contributed by atoms with Gasteiger partial charge in [-0.15, -0.1) is 0 Å². The maximum absolute atomic E-state index is 6.16. The fourth-order valence-electron chi connectivity index (χ4n) is 3.02. The van der Waals surface area contributed by atoms with E-state index in [1.54, 1.807) is 0 Å². The van der Waals surface area contributed by atoms with Crippen LogP contribution in [0.5, 0.6) is 0 Å². The lowest BCUT2D eigenvalue weighted by atomic mass is 10.1. The summed E-state index contributed by atoms with van der Waals surface area (Å²) in [7, 11) is 0. The average molecular weight is 346 g/mol. The Morgan fingerprint density at radius 1 is 1.32 bits per heavy atom. The molecule has 0 unspecified atom stereocenters. The number of anilines is 1. The zero-order valence-corrected chi connectivity index (χ0v) is 15.3. The Kier molecular flexibility index (Phi) is 5.65. The minimum atomic E-state index is 0.0154. The van der Waals surface area contributed by atoms with Crippen molar-refractivity contribution in [2.45, 2.75) is 59.3 Å². The third kappa shape index (κ3) is 4.16. The molecule has 1 aliphatic heterocycles. The molecule has 0 amide bonds. The summed E-state index contributed by atoms with van der Waals surface area (Å²) in [5.41, 5.74) is 4.06. The summed E-state index contributed by atoms with van der Waals surface area (Å²) in [4.78, 5) is 8.99. The molecular weight excluding hydrogens is 320 g/mol. The van der Waals surface area contributed by atoms with Gasteiger partial charge < -0.3 is 19.3 Å². The minimum Gasteiger partial charge on any atom is -0.379 e. The Bertz CT molecular complexity index is 697. The SMILES string of the molecule is CCc1nc(N[C@@H]2COCC[C@@H]2OCc2c(C)noc2C)ncc1C. The summed E-state index contributed by atoms with van der Waals surface area (Å²) >= 11 is 0. The molecule has 1 N–H and O–H groups in total. The maximum atomic E-state index is 6.16. The van der Waals surface area contributed by atoms with Crippen LogP contribution in [0, 0.1) is 20.8 Å². The number of ether oxygens (including phenoxy) is 2. The Balaban J connectivity index is 1.66. The number of hydrogen-bond donors (Lipinski definition) is 1. The van der Waals surface area contributed by atoms with Gasteiger partial charge in [-0.3, -0.25) is 0 Å². The normalized spacial score (nSPS) is 20.6. The molecule has 0 aliphatic carbocycles. The second kappa shape index (κ2) is 7.93. The third-order valence-electron chi connectivity index (χ3n) is 4.64. The molecule has 0 aromatic carbocycles. The van der Waals surface area contributed by atoms with Crippen molar-refractivity contribution in [3.05, 3.63) is 34.5 Å². The topological polar surface area (TPSA) is 82.3 Å². The van der Waals surface area contributed by atoms with Gasteiger partial charge in [-0.1, -0.05) is 12.1 Å². The van der Waals surface area contributed by atoms with Crippen molar-refractivity contribution in [2.24, 2.45) is 0 Å². The van der Waals surface area contributed by atoms with Gasteiger partial charge in [0.2, 0.25) is 5.95 Å².